The molecule has 2 heterocycles. The number of hydrogen-bond donors (Lipinski definition) is 1. The first-order chi connectivity index (χ1) is 9.59. The van der Waals surface area contributed by atoms with Gasteiger partial charge in [0, 0.05) is 31.9 Å². The molecule has 0 aliphatic carbocycles. The monoisotopic (exact) mass is 303 g/mol. The predicted molar refractivity (Wildman–Crippen MR) is 72.7 cm³/mol. The molecule has 114 valence electrons. The molecule has 1 atom stereocenters. The van der Waals surface area contributed by atoms with E-state index in [9.17, 15) is 8.42 Å². The maximum atomic E-state index is 12.6. The van der Waals surface area contributed by atoms with Crippen LogP contribution in [-0.2, 0) is 21.3 Å². The number of morpholine rings is 1. The van der Waals surface area contributed by atoms with Crippen molar-refractivity contribution < 1.29 is 18.3 Å². The molecule has 1 aliphatic rings. The lowest BCUT2D eigenvalue weighted by molar-refractivity contribution is 0.0314. The van der Waals surface area contributed by atoms with E-state index in [0.717, 1.165) is 6.42 Å². The number of rotatable bonds is 6. The van der Waals surface area contributed by atoms with Crippen LogP contribution in [-0.4, -0.2) is 60.0 Å². The second-order valence-corrected chi connectivity index (χ2v) is 6.66. The molecule has 8 heteroatoms. The fraction of sp³-hybridized carbons (Fsp3) is 0.750. The van der Waals surface area contributed by atoms with E-state index in [1.54, 1.807) is 4.68 Å². The van der Waals surface area contributed by atoms with Crippen LogP contribution in [0.15, 0.2) is 17.3 Å². The summed E-state index contributed by atoms with van der Waals surface area (Å²) >= 11 is 0. The lowest BCUT2D eigenvalue weighted by atomic mass is 10.2. The second kappa shape index (κ2) is 6.66. The molecule has 1 unspecified atom stereocenters. The van der Waals surface area contributed by atoms with Crippen LogP contribution in [0.5, 0.6) is 0 Å². The number of aliphatic hydroxyl groups is 1. The average molecular weight is 303 g/mol. The van der Waals surface area contributed by atoms with Gasteiger partial charge in [-0.2, -0.15) is 9.40 Å². The summed E-state index contributed by atoms with van der Waals surface area (Å²) in [5.74, 6) is 0. The molecule has 1 aliphatic heterocycles. The van der Waals surface area contributed by atoms with Gasteiger partial charge in [0.2, 0.25) is 10.0 Å². The fourth-order valence-corrected chi connectivity index (χ4v) is 3.87. The van der Waals surface area contributed by atoms with E-state index in [4.69, 9.17) is 9.84 Å². The van der Waals surface area contributed by atoms with Crippen molar-refractivity contribution in [3.05, 3.63) is 12.4 Å². The lowest BCUT2D eigenvalue weighted by Gasteiger charge is -2.33. The molecule has 7 nitrogen and oxygen atoms in total. The minimum atomic E-state index is -3.52. The molecular weight excluding hydrogens is 282 g/mol. The zero-order chi connectivity index (χ0) is 14.6. The first-order valence-electron chi connectivity index (χ1n) is 6.82. The molecule has 0 bridgehead atoms. The Morgan fingerprint density at radius 3 is 3.05 bits per heavy atom. The third kappa shape index (κ3) is 3.20. The number of aryl methyl sites for hydroxylation is 1. The normalized spacial score (nSPS) is 21.2. The third-order valence-electron chi connectivity index (χ3n) is 3.41. The molecular formula is C12H21N3O4S. The van der Waals surface area contributed by atoms with Crippen LogP contribution in [0.3, 0.4) is 0 Å². The van der Waals surface area contributed by atoms with E-state index in [1.807, 2.05) is 6.92 Å². The molecule has 1 aromatic heterocycles. The summed E-state index contributed by atoms with van der Waals surface area (Å²) in [7, 11) is -3.52. The molecule has 1 N–H and O–H groups in total. The largest absolute Gasteiger partial charge is 0.396 e. The Hall–Kier alpha value is -0.960. The quantitative estimate of drug-likeness (QED) is 0.803. The molecule has 1 fully saturated rings. The second-order valence-electron chi connectivity index (χ2n) is 4.77. The van der Waals surface area contributed by atoms with Crippen molar-refractivity contribution in [2.24, 2.45) is 0 Å². The molecule has 1 saturated heterocycles. The highest BCUT2D eigenvalue weighted by Crippen LogP contribution is 2.21. The highest BCUT2D eigenvalue weighted by Gasteiger charge is 2.33. The number of aliphatic hydroxyl groups excluding tert-OH is 1. The number of aromatic nitrogens is 2. The summed E-state index contributed by atoms with van der Waals surface area (Å²) in [5, 5.41) is 12.8. The van der Waals surface area contributed by atoms with Gasteiger partial charge in [0.15, 0.2) is 0 Å². The van der Waals surface area contributed by atoms with Crippen LogP contribution >= 0.6 is 0 Å². The first kappa shape index (κ1) is 15.4. The van der Waals surface area contributed by atoms with Gasteiger partial charge in [-0.3, -0.25) is 4.68 Å². The fourth-order valence-electron chi connectivity index (χ4n) is 2.25. The first-order valence-corrected chi connectivity index (χ1v) is 8.26. The molecule has 0 radical (unpaired) electrons. The third-order valence-corrected chi connectivity index (χ3v) is 5.31. The predicted octanol–water partition coefficient (Wildman–Crippen LogP) is 0.0650. The number of nitrogens with zero attached hydrogens (tertiary/aromatic N) is 3. The van der Waals surface area contributed by atoms with Gasteiger partial charge >= 0.3 is 0 Å². The summed E-state index contributed by atoms with van der Waals surface area (Å²) in [6.07, 6.45) is 4.16. The Bertz CT molecular complexity index is 529. The van der Waals surface area contributed by atoms with Crippen molar-refractivity contribution in [2.45, 2.75) is 37.2 Å². The van der Waals surface area contributed by atoms with Crippen molar-refractivity contribution in [2.75, 3.05) is 26.4 Å². The van der Waals surface area contributed by atoms with Crippen LogP contribution in [0.1, 0.15) is 19.8 Å². The summed E-state index contributed by atoms with van der Waals surface area (Å²) in [6.45, 7) is 3.76. The van der Waals surface area contributed by atoms with Gasteiger partial charge in [0.25, 0.3) is 0 Å². The van der Waals surface area contributed by atoms with Crippen molar-refractivity contribution in [3.8, 4) is 0 Å². The Balaban J connectivity index is 2.18. The summed E-state index contributed by atoms with van der Waals surface area (Å²) in [4.78, 5) is 0.204. The molecule has 1 aromatic rings. The average Bonchev–Trinajstić information content (AvgIpc) is 2.94. The van der Waals surface area contributed by atoms with Crippen molar-refractivity contribution in [1.82, 2.24) is 14.1 Å². The lowest BCUT2D eigenvalue weighted by Crippen LogP contribution is -2.48. The van der Waals surface area contributed by atoms with Crippen LogP contribution in [0.2, 0.25) is 0 Å². The zero-order valence-corrected chi connectivity index (χ0v) is 12.4. The number of hydrogen-bond acceptors (Lipinski definition) is 5. The maximum Gasteiger partial charge on any atom is 0.246 e. The Morgan fingerprint density at radius 2 is 2.35 bits per heavy atom. The van der Waals surface area contributed by atoms with Gasteiger partial charge in [0.1, 0.15) is 4.90 Å². The van der Waals surface area contributed by atoms with Crippen LogP contribution in [0.4, 0.5) is 0 Å². The van der Waals surface area contributed by atoms with E-state index < -0.39 is 10.0 Å². The number of sulfonamides is 1. The minimum absolute atomic E-state index is 0.0588. The molecule has 0 spiro atoms. The van der Waals surface area contributed by atoms with E-state index in [1.165, 1.54) is 16.7 Å². The molecule has 0 saturated carbocycles. The molecule has 2 rings (SSSR count). The molecule has 0 amide bonds. The topological polar surface area (TPSA) is 84.7 Å². The van der Waals surface area contributed by atoms with Gasteiger partial charge in [-0.25, -0.2) is 8.42 Å². The highest BCUT2D eigenvalue weighted by atomic mass is 32.2. The van der Waals surface area contributed by atoms with Crippen LogP contribution < -0.4 is 0 Å². The zero-order valence-electron chi connectivity index (χ0n) is 11.6. The van der Waals surface area contributed by atoms with Crippen molar-refractivity contribution in [3.63, 3.8) is 0 Å². The van der Waals surface area contributed by atoms with Gasteiger partial charge in [-0.05, 0) is 12.8 Å². The summed E-state index contributed by atoms with van der Waals surface area (Å²) in [6, 6.07) is -0.116. The Labute approximate surface area is 119 Å². The van der Waals surface area contributed by atoms with E-state index >= 15 is 0 Å². The summed E-state index contributed by atoms with van der Waals surface area (Å²) < 4.78 is 33.6. The highest BCUT2D eigenvalue weighted by molar-refractivity contribution is 7.89. The van der Waals surface area contributed by atoms with Crippen molar-refractivity contribution >= 4 is 10.0 Å². The summed E-state index contributed by atoms with van der Waals surface area (Å²) in [5.41, 5.74) is 0. The van der Waals surface area contributed by atoms with Crippen LogP contribution in [0.25, 0.3) is 0 Å². The SMILES string of the molecule is CCC1COCCN1S(=O)(=O)c1cnn(CCCO)c1. The molecule has 20 heavy (non-hydrogen) atoms. The van der Waals surface area contributed by atoms with Crippen molar-refractivity contribution in [1.29, 1.82) is 0 Å². The van der Waals surface area contributed by atoms with Gasteiger partial charge in [0.05, 0.1) is 19.4 Å². The Morgan fingerprint density at radius 1 is 1.55 bits per heavy atom. The van der Waals surface area contributed by atoms with E-state index in [2.05, 4.69) is 5.10 Å². The minimum Gasteiger partial charge on any atom is -0.396 e. The maximum absolute atomic E-state index is 12.6. The van der Waals surface area contributed by atoms with E-state index in [-0.39, 0.29) is 17.5 Å². The van der Waals surface area contributed by atoms with Crippen LogP contribution in [0, 0.1) is 0 Å². The van der Waals surface area contributed by atoms with Gasteiger partial charge < -0.3 is 9.84 Å². The van der Waals surface area contributed by atoms with Gasteiger partial charge in [-0.1, -0.05) is 6.92 Å². The number of ether oxygens (including phenoxy) is 1. The van der Waals surface area contributed by atoms with Gasteiger partial charge in [-0.15, -0.1) is 0 Å². The Kier molecular flexibility index (Phi) is 5.14. The standard InChI is InChI=1S/C12H21N3O4S/c1-2-11-10-19-7-5-15(11)20(17,18)12-8-13-14(9-12)4-3-6-16/h8-9,11,16H,2-7,10H2,1H3. The van der Waals surface area contributed by atoms with E-state index in [0.29, 0.717) is 32.7 Å². The molecule has 0 aromatic carbocycles. The smallest absolute Gasteiger partial charge is 0.246 e.